The molecule has 0 saturated heterocycles. The summed E-state index contributed by atoms with van der Waals surface area (Å²) in [6, 6.07) is 11.9. The van der Waals surface area contributed by atoms with E-state index in [9.17, 15) is 0 Å². The van der Waals surface area contributed by atoms with Crippen LogP contribution in [0.2, 0.25) is 0 Å². The number of aromatic nitrogens is 1. The van der Waals surface area contributed by atoms with Gasteiger partial charge in [-0.2, -0.15) is 0 Å². The lowest BCUT2D eigenvalue weighted by Gasteiger charge is -2.07. The molecule has 0 unspecified atom stereocenters. The van der Waals surface area contributed by atoms with Crippen LogP contribution in [0.15, 0.2) is 47.8 Å². The molecule has 97 valence electrons. The standard InChI is InChI=1S/C16H17N2O/c1-12-5-3-4-6-14(12)7-8-16(18-19)15-9-10-17-13(2)11-15/h3-7,9-11,19H,8H2,1-2H3. The Balaban J connectivity index is 2.11. The monoisotopic (exact) mass is 253 g/mol. The van der Waals surface area contributed by atoms with Crippen LogP contribution in [0.25, 0.3) is 0 Å². The molecule has 3 heteroatoms. The summed E-state index contributed by atoms with van der Waals surface area (Å²) in [5.41, 5.74) is 4.84. The molecule has 0 fully saturated rings. The molecule has 0 aliphatic carbocycles. The van der Waals surface area contributed by atoms with Gasteiger partial charge in [0.05, 0.1) is 5.71 Å². The lowest BCUT2D eigenvalue weighted by Crippen LogP contribution is -2.03. The van der Waals surface area contributed by atoms with Gasteiger partial charge in [-0.25, -0.2) is 0 Å². The van der Waals surface area contributed by atoms with Crippen molar-refractivity contribution in [1.29, 1.82) is 0 Å². The Bertz CT molecular complexity index is 591. The topological polar surface area (TPSA) is 45.5 Å². The third-order valence-electron chi connectivity index (χ3n) is 3.05. The molecule has 1 aromatic carbocycles. The zero-order valence-corrected chi connectivity index (χ0v) is 11.2. The fourth-order valence-electron chi connectivity index (χ4n) is 1.96. The molecule has 0 saturated carbocycles. The molecule has 0 spiro atoms. The van der Waals surface area contributed by atoms with Gasteiger partial charge in [-0.05, 0) is 43.5 Å². The van der Waals surface area contributed by atoms with Gasteiger partial charge in [-0.3, -0.25) is 4.98 Å². The Morgan fingerprint density at radius 3 is 2.74 bits per heavy atom. The maximum absolute atomic E-state index is 9.17. The summed E-state index contributed by atoms with van der Waals surface area (Å²) in [5.74, 6) is 0. The van der Waals surface area contributed by atoms with Gasteiger partial charge in [0.2, 0.25) is 0 Å². The molecule has 1 N–H and O–H groups in total. The average Bonchev–Trinajstić information content (AvgIpc) is 2.41. The molecule has 19 heavy (non-hydrogen) atoms. The van der Waals surface area contributed by atoms with E-state index in [0.717, 1.165) is 16.8 Å². The molecule has 0 aliphatic heterocycles. The van der Waals surface area contributed by atoms with Crippen LogP contribution < -0.4 is 0 Å². The smallest absolute Gasteiger partial charge is 0.0875 e. The predicted octanol–water partition coefficient (Wildman–Crippen LogP) is 3.52. The van der Waals surface area contributed by atoms with E-state index in [1.807, 2.05) is 31.2 Å². The lowest BCUT2D eigenvalue weighted by molar-refractivity contribution is 0.318. The lowest BCUT2D eigenvalue weighted by atomic mass is 9.99. The van der Waals surface area contributed by atoms with Crippen molar-refractivity contribution in [2.75, 3.05) is 0 Å². The van der Waals surface area contributed by atoms with E-state index in [0.29, 0.717) is 12.1 Å². The van der Waals surface area contributed by atoms with Crippen LogP contribution in [0.5, 0.6) is 0 Å². The number of aryl methyl sites for hydroxylation is 2. The third-order valence-corrected chi connectivity index (χ3v) is 3.05. The van der Waals surface area contributed by atoms with Crippen molar-refractivity contribution < 1.29 is 5.21 Å². The fraction of sp³-hybridized carbons (Fsp3) is 0.188. The molecule has 2 rings (SSSR count). The van der Waals surface area contributed by atoms with Gasteiger partial charge in [0.15, 0.2) is 0 Å². The highest BCUT2D eigenvalue weighted by Crippen LogP contribution is 2.14. The number of hydrogen-bond donors (Lipinski definition) is 1. The number of rotatable bonds is 4. The Morgan fingerprint density at radius 1 is 1.26 bits per heavy atom. The molecular formula is C16H17N2O. The number of hydrogen-bond acceptors (Lipinski definition) is 3. The van der Waals surface area contributed by atoms with Gasteiger partial charge in [0.1, 0.15) is 0 Å². The summed E-state index contributed by atoms with van der Waals surface area (Å²) in [7, 11) is 0. The summed E-state index contributed by atoms with van der Waals surface area (Å²) in [5, 5.41) is 12.6. The van der Waals surface area contributed by atoms with Gasteiger partial charge in [0, 0.05) is 23.9 Å². The van der Waals surface area contributed by atoms with E-state index in [4.69, 9.17) is 5.21 Å². The zero-order valence-electron chi connectivity index (χ0n) is 11.2. The Labute approximate surface area is 113 Å². The predicted molar refractivity (Wildman–Crippen MR) is 76.5 cm³/mol. The minimum Gasteiger partial charge on any atom is -0.411 e. The molecule has 1 radical (unpaired) electrons. The minimum absolute atomic E-state index is 0.588. The van der Waals surface area contributed by atoms with Crippen LogP contribution in [0.1, 0.15) is 28.8 Å². The van der Waals surface area contributed by atoms with Crippen LogP contribution in [-0.2, 0) is 0 Å². The number of benzene rings is 1. The Hall–Kier alpha value is -2.16. The van der Waals surface area contributed by atoms with Gasteiger partial charge < -0.3 is 5.21 Å². The Morgan fingerprint density at radius 2 is 2.05 bits per heavy atom. The van der Waals surface area contributed by atoms with E-state index < -0.39 is 0 Å². The SMILES string of the molecule is Cc1cc(C(C[CH]c2ccccc2C)=NO)ccn1. The molecule has 3 nitrogen and oxygen atoms in total. The van der Waals surface area contributed by atoms with Crippen LogP contribution >= 0.6 is 0 Å². The quantitative estimate of drug-likeness (QED) is 0.515. The second-order valence-corrected chi connectivity index (χ2v) is 4.50. The van der Waals surface area contributed by atoms with Crippen molar-refractivity contribution in [3.05, 3.63) is 71.4 Å². The van der Waals surface area contributed by atoms with E-state index in [2.05, 4.69) is 35.6 Å². The summed E-state index contributed by atoms with van der Waals surface area (Å²) in [6.07, 6.45) is 4.38. The highest BCUT2D eigenvalue weighted by atomic mass is 16.4. The normalized spacial score (nSPS) is 11.6. The summed E-state index contributed by atoms with van der Waals surface area (Å²) in [6.45, 7) is 3.99. The highest BCUT2D eigenvalue weighted by Gasteiger charge is 2.07. The van der Waals surface area contributed by atoms with E-state index in [1.54, 1.807) is 6.20 Å². The van der Waals surface area contributed by atoms with Crippen LogP contribution in [-0.4, -0.2) is 15.9 Å². The number of oxime groups is 1. The first kappa shape index (κ1) is 13.3. The third kappa shape index (κ3) is 3.41. The molecule has 0 bridgehead atoms. The number of nitrogens with zero attached hydrogens (tertiary/aromatic N) is 2. The Kier molecular flexibility index (Phi) is 4.29. The molecule has 1 aromatic heterocycles. The van der Waals surface area contributed by atoms with Crippen LogP contribution in [0.4, 0.5) is 0 Å². The summed E-state index contributed by atoms with van der Waals surface area (Å²) in [4.78, 5) is 4.14. The van der Waals surface area contributed by atoms with Crippen molar-refractivity contribution in [2.45, 2.75) is 20.3 Å². The zero-order chi connectivity index (χ0) is 13.7. The number of pyridine rings is 1. The first-order chi connectivity index (χ1) is 9.20. The first-order valence-corrected chi connectivity index (χ1v) is 6.23. The maximum Gasteiger partial charge on any atom is 0.0875 e. The van der Waals surface area contributed by atoms with Crippen molar-refractivity contribution in [2.24, 2.45) is 5.16 Å². The largest absolute Gasteiger partial charge is 0.411 e. The van der Waals surface area contributed by atoms with Gasteiger partial charge in [-0.15, -0.1) is 0 Å². The molecule has 2 aromatic rings. The van der Waals surface area contributed by atoms with E-state index >= 15 is 0 Å². The van der Waals surface area contributed by atoms with Crippen molar-refractivity contribution >= 4 is 5.71 Å². The summed E-state index contributed by atoms with van der Waals surface area (Å²) >= 11 is 0. The second kappa shape index (κ2) is 6.14. The fourth-order valence-corrected chi connectivity index (χ4v) is 1.96. The van der Waals surface area contributed by atoms with E-state index in [1.165, 1.54) is 5.56 Å². The molecule has 0 aliphatic rings. The van der Waals surface area contributed by atoms with Gasteiger partial charge in [-0.1, -0.05) is 29.4 Å². The molecule has 0 amide bonds. The molecule has 1 heterocycles. The average molecular weight is 253 g/mol. The second-order valence-electron chi connectivity index (χ2n) is 4.50. The minimum atomic E-state index is 0.588. The highest BCUT2D eigenvalue weighted by molar-refractivity contribution is 6.01. The van der Waals surface area contributed by atoms with Crippen molar-refractivity contribution in [1.82, 2.24) is 4.98 Å². The van der Waals surface area contributed by atoms with Crippen LogP contribution in [0.3, 0.4) is 0 Å². The van der Waals surface area contributed by atoms with Crippen molar-refractivity contribution in [3.8, 4) is 0 Å². The maximum atomic E-state index is 9.17. The van der Waals surface area contributed by atoms with Gasteiger partial charge >= 0.3 is 0 Å². The summed E-state index contributed by atoms with van der Waals surface area (Å²) < 4.78 is 0. The van der Waals surface area contributed by atoms with E-state index in [-0.39, 0.29) is 0 Å². The first-order valence-electron chi connectivity index (χ1n) is 6.23. The van der Waals surface area contributed by atoms with Crippen LogP contribution in [0, 0.1) is 20.3 Å². The van der Waals surface area contributed by atoms with Crippen molar-refractivity contribution in [3.63, 3.8) is 0 Å². The molecular weight excluding hydrogens is 236 g/mol. The molecule has 0 atom stereocenters. The van der Waals surface area contributed by atoms with Gasteiger partial charge in [0.25, 0.3) is 0 Å².